The van der Waals surface area contributed by atoms with Crippen LogP contribution in [0.4, 0.5) is 11.4 Å². The highest BCUT2D eigenvalue weighted by Gasteiger charge is 2.28. The van der Waals surface area contributed by atoms with Crippen LogP contribution in [0.25, 0.3) is 0 Å². The molecule has 0 bridgehead atoms. The number of nitrogens with zero attached hydrogens (tertiary/aromatic N) is 1. The largest absolute Gasteiger partial charge is 0.323 e. The molecule has 1 aromatic rings. The number of benzene rings is 1. The Kier molecular flexibility index (Phi) is 4.85. The third-order valence-corrected chi connectivity index (χ3v) is 3.03. The van der Waals surface area contributed by atoms with Crippen molar-refractivity contribution in [2.24, 2.45) is 5.73 Å². The van der Waals surface area contributed by atoms with Crippen molar-refractivity contribution in [2.45, 2.75) is 32.2 Å². The molecular formula is C12H16ClN3O3. The number of halogens is 1. The molecule has 1 rings (SSSR count). The van der Waals surface area contributed by atoms with E-state index in [4.69, 9.17) is 17.3 Å². The topological polar surface area (TPSA) is 98.3 Å². The number of carbonyl (C=O) groups excluding carboxylic acids is 1. The fraction of sp³-hybridized carbons (Fsp3) is 0.417. The second-order valence-corrected chi connectivity index (χ2v) is 4.95. The number of nitrogens with one attached hydrogen (secondary N) is 1. The van der Waals surface area contributed by atoms with Crippen LogP contribution in [0.15, 0.2) is 18.2 Å². The molecule has 0 aliphatic rings. The number of nitro groups is 1. The van der Waals surface area contributed by atoms with Gasteiger partial charge < -0.3 is 11.1 Å². The maximum atomic E-state index is 12.0. The lowest BCUT2D eigenvalue weighted by Crippen LogP contribution is -2.48. The second kappa shape index (κ2) is 5.99. The van der Waals surface area contributed by atoms with Crippen molar-refractivity contribution >= 4 is 28.9 Å². The Hall–Kier alpha value is -1.66. The lowest BCUT2D eigenvalue weighted by Gasteiger charge is -2.23. The van der Waals surface area contributed by atoms with E-state index in [1.807, 2.05) is 6.92 Å². The zero-order valence-corrected chi connectivity index (χ0v) is 11.5. The van der Waals surface area contributed by atoms with Crippen LogP contribution in [0.1, 0.15) is 26.7 Å². The van der Waals surface area contributed by atoms with Crippen LogP contribution in [0.3, 0.4) is 0 Å². The molecule has 0 saturated carbocycles. The van der Waals surface area contributed by atoms with E-state index in [9.17, 15) is 14.9 Å². The number of rotatable bonds is 5. The van der Waals surface area contributed by atoms with E-state index in [2.05, 4.69) is 5.32 Å². The molecule has 0 aliphatic carbocycles. The molecule has 6 nitrogen and oxygen atoms in total. The molecule has 0 heterocycles. The van der Waals surface area contributed by atoms with Crippen LogP contribution in [0.2, 0.25) is 5.02 Å². The summed E-state index contributed by atoms with van der Waals surface area (Å²) in [5, 5.41) is 13.4. The van der Waals surface area contributed by atoms with E-state index < -0.39 is 16.4 Å². The number of non-ortho nitro benzene ring substituents is 1. The molecule has 19 heavy (non-hydrogen) atoms. The zero-order valence-electron chi connectivity index (χ0n) is 10.8. The summed E-state index contributed by atoms with van der Waals surface area (Å²) in [5.74, 6) is -0.420. The summed E-state index contributed by atoms with van der Waals surface area (Å²) in [5.41, 5.74) is 4.88. The normalized spacial score (nSPS) is 13.7. The van der Waals surface area contributed by atoms with Gasteiger partial charge in [0.15, 0.2) is 0 Å². The van der Waals surface area contributed by atoms with Crippen molar-refractivity contribution in [1.29, 1.82) is 0 Å². The lowest BCUT2D eigenvalue weighted by molar-refractivity contribution is -0.384. The minimum absolute atomic E-state index is 0.145. The van der Waals surface area contributed by atoms with Crippen LogP contribution < -0.4 is 11.1 Å². The first-order chi connectivity index (χ1) is 8.77. The van der Waals surface area contributed by atoms with Gasteiger partial charge in [0.25, 0.3) is 5.69 Å². The van der Waals surface area contributed by atoms with Gasteiger partial charge in [-0.05, 0) is 19.4 Å². The number of carbonyl (C=O) groups is 1. The molecule has 0 aliphatic heterocycles. The molecule has 3 N–H and O–H groups in total. The highest BCUT2D eigenvalue weighted by Crippen LogP contribution is 2.27. The molecule has 7 heteroatoms. The molecule has 0 fully saturated rings. The van der Waals surface area contributed by atoms with Gasteiger partial charge in [-0.15, -0.1) is 0 Å². The van der Waals surface area contributed by atoms with E-state index >= 15 is 0 Å². The van der Waals surface area contributed by atoms with Gasteiger partial charge in [-0.25, -0.2) is 0 Å². The molecule has 0 saturated heterocycles. The first-order valence-corrected chi connectivity index (χ1v) is 6.20. The quantitative estimate of drug-likeness (QED) is 0.642. The van der Waals surface area contributed by atoms with Crippen molar-refractivity contribution in [2.75, 3.05) is 5.32 Å². The molecule has 0 aromatic heterocycles. The van der Waals surface area contributed by atoms with Gasteiger partial charge in [-0.3, -0.25) is 14.9 Å². The standard InChI is InChI=1S/C12H16ClN3O3/c1-3-6-12(2,14)11(17)15-10-7-8(16(18)19)4-5-9(10)13/h4-5,7H,3,6,14H2,1-2H3,(H,15,17). The van der Waals surface area contributed by atoms with Gasteiger partial charge >= 0.3 is 0 Å². The van der Waals surface area contributed by atoms with Crippen LogP contribution in [-0.4, -0.2) is 16.4 Å². The Bertz CT molecular complexity index is 503. The maximum absolute atomic E-state index is 12.0. The van der Waals surface area contributed by atoms with Gasteiger partial charge in [0, 0.05) is 12.1 Å². The van der Waals surface area contributed by atoms with Gasteiger partial charge in [0.1, 0.15) is 0 Å². The van der Waals surface area contributed by atoms with E-state index in [-0.39, 0.29) is 16.4 Å². The first-order valence-electron chi connectivity index (χ1n) is 5.82. The molecule has 1 aromatic carbocycles. The van der Waals surface area contributed by atoms with Crippen molar-refractivity contribution in [3.63, 3.8) is 0 Å². The number of amides is 1. The van der Waals surface area contributed by atoms with Gasteiger partial charge in [0.05, 0.1) is 21.2 Å². The Balaban J connectivity index is 2.96. The third kappa shape index (κ3) is 3.90. The Morgan fingerprint density at radius 3 is 2.74 bits per heavy atom. The number of hydrogen-bond donors (Lipinski definition) is 2. The van der Waals surface area contributed by atoms with Crippen molar-refractivity contribution in [3.05, 3.63) is 33.3 Å². The molecule has 104 valence electrons. The minimum atomic E-state index is -1.04. The SMILES string of the molecule is CCCC(C)(N)C(=O)Nc1cc([N+](=O)[O-])ccc1Cl. The number of anilines is 1. The smallest absolute Gasteiger partial charge is 0.271 e. The van der Waals surface area contributed by atoms with E-state index in [0.29, 0.717) is 6.42 Å². The maximum Gasteiger partial charge on any atom is 0.271 e. The molecular weight excluding hydrogens is 270 g/mol. The summed E-state index contributed by atoms with van der Waals surface area (Å²) < 4.78 is 0. The Labute approximate surface area is 116 Å². The predicted octanol–water partition coefficient (Wildman–Crippen LogP) is 2.70. The molecule has 1 unspecified atom stereocenters. The van der Waals surface area contributed by atoms with Gasteiger partial charge in [-0.1, -0.05) is 24.9 Å². The molecule has 1 atom stereocenters. The second-order valence-electron chi connectivity index (χ2n) is 4.54. The highest BCUT2D eigenvalue weighted by atomic mass is 35.5. The third-order valence-electron chi connectivity index (χ3n) is 2.70. The summed E-state index contributed by atoms with van der Waals surface area (Å²) in [7, 11) is 0. The molecule has 0 radical (unpaired) electrons. The summed E-state index contributed by atoms with van der Waals surface area (Å²) in [6.07, 6.45) is 1.26. The number of nitrogens with two attached hydrogens (primary N) is 1. The average molecular weight is 286 g/mol. The Morgan fingerprint density at radius 1 is 1.58 bits per heavy atom. The molecule has 0 spiro atoms. The Morgan fingerprint density at radius 2 is 2.21 bits per heavy atom. The van der Waals surface area contributed by atoms with E-state index in [0.717, 1.165) is 6.42 Å². The zero-order chi connectivity index (χ0) is 14.6. The van der Waals surface area contributed by atoms with E-state index in [1.165, 1.54) is 18.2 Å². The van der Waals surface area contributed by atoms with Gasteiger partial charge in [-0.2, -0.15) is 0 Å². The summed E-state index contributed by atoms with van der Waals surface area (Å²) in [6.45, 7) is 3.52. The fourth-order valence-corrected chi connectivity index (χ4v) is 1.79. The van der Waals surface area contributed by atoms with Crippen LogP contribution >= 0.6 is 11.6 Å². The summed E-state index contributed by atoms with van der Waals surface area (Å²) in [6, 6.07) is 3.84. The fourth-order valence-electron chi connectivity index (χ4n) is 1.62. The highest BCUT2D eigenvalue weighted by molar-refractivity contribution is 6.33. The average Bonchev–Trinajstić information content (AvgIpc) is 2.31. The monoisotopic (exact) mass is 285 g/mol. The van der Waals surface area contributed by atoms with Crippen molar-refractivity contribution < 1.29 is 9.72 Å². The van der Waals surface area contributed by atoms with Crippen molar-refractivity contribution in [3.8, 4) is 0 Å². The minimum Gasteiger partial charge on any atom is -0.323 e. The first kappa shape index (κ1) is 15.4. The van der Waals surface area contributed by atoms with E-state index in [1.54, 1.807) is 6.92 Å². The van der Waals surface area contributed by atoms with Crippen LogP contribution in [0.5, 0.6) is 0 Å². The van der Waals surface area contributed by atoms with Crippen LogP contribution in [-0.2, 0) is 4.79 Å². The van der Waals surface area contributed by atoms with Crippen molar-refractivity contribution in [1.82, 2.24) is 0 Å². The lowest BCUT2D eigenvalue weighted by atomic mass is 9.96. The molecule has 1 amide bonds. The number of hydrogen-bond acceptors (Lipinski definition) is 4. The number of nitro benzene ring substituents is 1. The summed E-state index contributed by atoms with van der Waals surface area (Å²) >= 11 is 5.89. The van der Waals surface area contributed by atoms with Gasteiger partial charge in [0.2, 0.25) is 5.91 Å². The predicted molar refractivity (Wildman–Crippen MR) is 74.2 cm³/mol. The van der Waals surface area contributed by atoms with Crippen LogP contribution in [0, 0.1) is 10.1 Å². The summed E-state index contributed by atoms with van der Waals surface area (Å²) in [4.78, 5) is 22.1.